The standard InChI is InChI=1S/C16H22N4/c1-3-10-17-15-12-13(2)19-16(20-15)18-11-9-14-7-5-4-6-8-14/h4-8,12H,3,9-11H2,1-2H3,(H2,17,18,19,20). The lowest BCUT2D eigenvalue weighted by molar-refractivity contribution is 0.947. The van der Waals surface area contributed by atoms with Crippen molar-refractivity contribution in [3.63, 3.8) is 0 Å². The zero-order chi connectivity index (χ0) is 14.2. The van der Waals surface area contributed by atoms with E-state index < -0.39 is 0 Å². The normalized spacial score (nSPS) is 10.3. The van der Waals surface area contributed by atoms with Crippen molar-refractivity contribution >= 4 is 11.8 Å². The molecule has 4 nitrogen and oxygen atoms in total. The Morgan fingerprint density at radius 1 is 1.00 bits per heavy atom. The van der Waals surface area contributed by atoms with Crippen LogP contribution in [0, 0.1) is 6.92 Å². The highest BCUT2D eigenvalue weighted by Gasteiger charge is 2.01. The molecule has 2 aromatic rings. The maximum atomic E-state index is 4.47. The van der Waals surface area contributed by atoms with Crippen LogP contribution in [0.15, 0.2) is 36.4 Å². The average Bonchev–Trinajstić information content (AvgIpc) is 2.46. The van der Waals surface area contributed by atoms with Crippen LogP contribution in [0.4, 0.5) is 11.8 Å². The molecule has 2 N–H and O–H groups in total. The number of anilines is 2. The summed E-state index contributed by atoms with van der Waals surface area (Å²) in [5.74, 6) is 1.58. The number of hydrogen-bond donors (Lipinski definition) is 2. The summed E-state index contributed by atoms with van der Waals surface area (Å²) in [7, 11) is 0. The Labute approximate surface area is 120 Å². The fourth-order valence-electron chi connectivity index (χ4n) is 1.95. The minimum Gasteiger partial charge on any atom is -0.370 e. The van der Waals surface area contributed by atoms with E-state index in [4.69, 9.17) is 0 Å². The molecule has 0 bridgehead atoms. The molecule has 0 aliphatic heterocycles. The first-order chi connectivity index (χ1) is 9.78. The molecule has 0 radical (unpaired) electrons. The summed E-state index contributed by atoms with van der Waals surface area (Å²) in [5.41, 5.74) is 2.29. The molecule has 0 aliphatic rings. The van der Waals surface area contributed by atoms with Crippen LogP contribution in [0.2, 0.25) is 0 Å². The van der Waals surface area contributed by atoms with Gasteiger partial charge in [0.2, 0.25) is 5.95 Å². The predicted octanol–water partition coefficient (Wildman–Crippen LogP) is 3.26. The van der Waals surface area contributed by atoms with Crippen molar-refractivity contribution in [2.75, 3.05) is 23.7 Å². The first-order valence-corrected chi connectivity index (χ1v) is 7.15. The lowest BCUT2D eigenvalue weighted by Gasteiger charge is -2.09. The van der Waals surface area contributed by atoms with Crippen molar-refractivity contribution in [3.05, 3.63) is 47.7 Å². The summed E-state index contributed by atoms with van der Waals surface area (Å²) in [6, 6.07) is 12.4. The molecule has 0 amide bonds. The zero-order valence-electron chi connectivity index (χ0n) is 12.2. The zero-order valence-corrected chi connectivity index (χ0v) is 12.2. The molecule has 20 heavy (non-hydrogen) atoms. The van der Waals surface area contributed by atoms with Crippen LogP contribution in [0.1, 0.15) is 24.6 Å². The summed E-state index contributed by atoms with van der Waals surface area (Å²) in [5, 5.41) is 6.58. The Bertz CT molecular complexity index is 525. The minimum absolute atomic E-state index is 0.694. The molecule has 0 unspecified atom stereocenters. The van der Waals surface area contributed by atoms with E-state index in [1.807, 2.05) is 19.1 Å². The number of hydrogen-bond acceptors (Lipinski definition) is 4. The number of rotatable bonds is 7. The van der Waals surface area contributed by atoms with Crippen molar-refractivity contribution in [1.29, 1.82) is 0 Å². The van der Waals surface area contributed by atoms with E-state index in [1.165, 1.54) is 5.56 Å². The van der Waals surface area contributed by atoms with Crippen LogP contribution >= 0.6 is 0 Å². The molecule has 0 aliphatic carbocycles. The molecular formula is C16H22N4. The van der Waals surface area contributed by atoms with E-state index in [-0.39, 0.29) is 0 Å². The van der Waals surface area contributed by atoms with Crippen LogP contribution in [0.5, 0.6) is 0 Å². The number of aromatic nitrogens is 2. The van der Waals surface area contributed by atoms with E-state index in [0.29, 0.717) is 5.95 Å². The third-order valence-corrected chi connectivity index (χ3v) is 2.95. The van der Waals surface area contributed by atoms with Crippen molar-refractivity contribution in [3.8, 4) is 0 Å². The van der Waals surface area contributed by atoms with E-state index in [2.05, 4.69) is 51.8 Å². The predicted molar refractivity (Wildman–Crippen MR) is 84.2 cm³/mol. The monoisotopic (exact) mass is 270 g/mol. The van der Waals surface area contributed by atoms with Gasteiger partial charge in [-0.1, -0.05) is 37.3 Å². The van der Waals surface area contributed by atoms with Crippen LogP contribution in [0.25, 0.3) is 0 Å². The first kappa shape index (κ1) is 14.3. The highest BCUT2D eigenvalue weighted by atomic mass is 15.1. The largest absolute Gasteiger partial charge is 0.370 e. The molecule has 1 aromatic carbocycles. The first-order valence-electron chi connectivity index (χ1n) is 7.15. The number of nitrogens with one attached hydrogen (secondary N) is 2. The van der Waals surface area contributed by atoms with Crippen LogP contribution in [0.3, 0.4) is 0 Å². The van der Waals surface area contributed by atoms with E-state index in [9.17, 15) is 0 Å². The van der Waals surface area contributed by atoms with Gasteiger partial charge in [-0.05, 0) is 25.3 Å². The highest BCUT2D eigenvalue weighted by molar-refractivity contribution is 5.42. The van der Waals surface area contributed by atoms with E-state index >= 15 is 0 Å². The maximum absolute atomic E-state index is 4.47. The Balaban J connectivity index is 1.90. The third-order valence-electron chi connectivity index (χ3n) is 2.95. The van der Waals surface area contributed by atoms with E-state index in [1.54, 1.807) is 0 Å². The topological polar surface area (TPSA) is 49.8 Å². The molecule has 106 valence electrons. The molecule has 4 heteroatoms. The molecule has 0 fully saturated rings. The molecule has 0 atom stereocenters. The molecule has 1 aromatic heterocycles. The second-order valence-corrected chi connectivity index (χ2v) is 4.81. The SMILES string of the molecule is CCCNc1cc(C)nc(NCCc2ccccc2)n1. The van der Waals surface area contributed by atoms with Gasteiger partial charge in [-0.15, -0.1) is 0 Å². The third kappa shape index (κ3) is 4.53. The average molecular weight is 270 g/mol. The van der Waals surface area contributed by atoms with Gasteiger partial charge in [-0.3, -0.25) is 0 Å². The second kappa shape index (κ2) is 7.48. The van der Waals surface area contributed by atoms with Crippen molar-refractivity contribution in [2.24, 2.45) is 0 Å². The molecule has 2 rings (SSSR count). The van der Waals surface area contributed by atoms with Gasteiger partial charge in [0.1, 0.15) is 5.82 Å². The fourth-order valence-corrected chi connectivity index (χ4v) is 1.95. The fraction of sp³-hybridized carbons (Fsp3) is 0.375. The molecule has 0 saturated carbocycles. The van der Waals surface area contributed by atoms with Gasteiger partial charge >= 0.3 is 0 Å². The molecular weight excluding hydrogens is 248 g/mol. The number of nitrogens with zero attached hydrogens (tertiary/aromatic N) is 2. The van der Waals surface area contributed by atoms with Crippen LogP contribution in [-0.2, 0) is 6.42 Å². The van der Waals surface area contributed by atoms with Gasteiger partial charge < -0.3 is 10.6 Å². The number of aryl methyl sites for hydroxylation is 1. The van der Waals surface area contributed by atoms with Gasteiger partial charge in [0.25, 0.3) is 0 Å². The quantitative estimate of drug-likeness (QED) is 0.811. The summed E-state index contributed by atoms with van der Waals surface area (Å²) in [6.45, 7) is 5.89. The van der Waals surface area contributed by atoms with Gasteiger partial charge in [0, 0.05) is 24.8 Å². The van der Waals surface area contributed by atoms with Crippen molar-refractivity contribution in [2.45, 2.75) is 26.7 Å². The lowest BCUT2D eigenvalue weighted by Crippen LogP contribution is -2.10. The van der Waals surface area contributed by atoms with Gasteiger partial charge in [-0.25, -0.2) is 4.98 Å². The van der Waals surface area contributed by atoms with Crippen molar-refractivity contribution < 1.29 is 0 Å². The van der Waals surface area contributed by atoms with Gasteiger partial charge in [0.15, 0.2) is 0 Å². The Morgan fingerprint density at radius 3 is 2.55 bits per heavy atom. The lowest BCUT2D eigenvalue weighted by atomic mass is 10.1. The van der Waals surface area contributed by atoms with Gasteiger partial charge in [-0.2, -0.15) is 4.98 Å². The minimum atomic E-state index is 0.694. The molecule has 1 heterocycles. The van der Waals surface area contributed by atoms with Crippen LogP contribution in [-0.4, -0.2) is 23.1 Å². The van der Waals surface area contributed by atoms with E-state index in [0.717, 1.165) is 37.4 Å². The summed E-state index contributed by atoms with van der Waals surface area (Å²) in [4.78, 5) is 8.88. The Kier molecular flexibility index (Phi) is 5.35. The molecule has 0 saturated heterocycles. The maximum Gasteiger partial charge on any atom is 0.224 e. The van der Waals surface area contributed by atoms with Gasteiger partial charge in [0.05, 0.1) is 0 Å². The summed E-state index contributed by atoms with van der Waals surface area (Å²) >= 11 is 0. The van der Waals surface area contributed by atoms with Crippen LogP contribution < -0.4 is 10.6 Å². The Morgan fingerprint density at radius 2 is 1.80 bits per heavy atom. The second-order valence-electron chi connectivity index (χ2n) is 4.81. The molecule has 0 spiro atoms. The summed E-state index contributed by atoms with van der Waals surface area (Å²) in [6.07, 6.45) is 2.05. The highest BCUT2D eigenvalue weighted by Crippen LogP contribution is 2.10. The number of benzene rings is 1. The smallest absolute Gasteiger partial charge is 0.224 e. The van der Waals surface area contributed by atoms with Crippen molar-refractivity contribution in [1.82, 2.24) is 9.97 Å². The Hall–Kier alpha value is -2.10. The summed E-state index contributed by atoms with van der Waals surface area (Å²) < 4.78 is 0.